The van der Waals surface area contributed by atoms with Crippen LogP contribution in [0, 0.1) is 5.92 Å². The molecule has 1 amide bonds. The van der Waals surface area contributed by atoms with Crippen molar-refractivity contribution in [1.82, 2.24) is 14.9 Å². The van der Waals surface area contributed by atoms with Crippen LogP contribution in [-0.2, 0) is 17.6 Å². The lowest BCUT2D eigenvalue weighted by molar-refractivity contribution is 0.0443. The van der Waals surface area contributed by atoms with Crippen molar-refractivity contribution in [1.29, 1.82) is 0 Å². The summed E-state index contributed by atoms with van der Waals surface area (Å²) in [7, 11) is 0. The standard InChI is InChI=1S/C25H35N3O2/c1-2-21-13-17-28(18-14-21)25(29)30-24(11-3-7-22-9-5-15-26-19-22)12-4-8-23-10-6-16-27-20-23/h5-6,9-10,15-16,19-21,24H,2-4,7-8,11-14,17-18H2,1H3. The second-order valence-corrected chi connectivity index (χ2v) is 8.35. The Bertz CT molecular complexity index is 685. The predicted molar refractivity (Wildman–Crippen MR) is 119 cm³/mol. The molecule has 1 saturated heterocycles. The van der Waals surface area contributed by atoms with Crippen molar-refractivity contribution in [2.45, 2.75) is 70.8 Å². The molecule has 0 aliphatic carbocycles. The van der Waals surface area contributed by atoms with E-state index in [0.29, 0.717) is 0 Å². The molecular formula is C25H35N3O2. The topological polar surface area (TPSA) is 55.3 Å². The maximum Gasteiger partial charge on any atom is 0.410 e. The predicted octanol–water partition coefficient (Wildman–Crippen LogP) is 5.45. The van der Waals surface area contributed by atoms with Crippen molar-refractivity contribution in [3.63, 3.8) is 0 Å². The van der Waals surface area contributed by atoms with E-state index in [2.05, 4.69) is 29.0 Å². The van der Waals surface area contributed by atoms with Crippen molar-refractivity contribution in [3.05, 3.63) is 60.2 Å². The van der Waals surface area contributed by atoms with Crippen LogP contribution in [-0.4, -0.2) is 40.2 Å². The highest BCUT2D eigenvalue weighted by Crippen LogP contribution is 2.22. The number of rotatable bonds is 10. The first-order valence-corrected chi connectivity index (χ1v) is 11.5. The molecule has 30 heavy (non-hydrogen) atoms. The lowest BCUT2D eigenvalue weighted by Gasteiger charge is -2.32. The monoisotopic (exact) mass is 409 g/mol. The average molecular weight is 410 g/mol. The van der Waals surface area contributed by atoms with Gasteiger partial charge in [-0.3, -0.25) is 9.97 Å². The number of ether oxygens (including phenoxy) is 1. The van der Waals surface area contributed by atoms with Crippen LogP contribution in [0.4, 0.5) is 4.79 Å². The molecule has 5 heteroatoms. The number of carbonyl (C=O) groups excluding carboxylic acids is 1. The van der Waals surface area contributed by atoms with Gasteiger partial charge in [-0.05, 0) is 80.5 Å². The first-order chi connectivity index (χ1) is 14.7. The van der Waals surface area contributed by atoms with Gasteiger partial charge in [0, 0.05) is 37.9 Å². The summed E-state index contributed by atoms with van der Waals surface area (Å²) in [5.41, 5.74) is 2.47. The minimum absolute atomic E-state index is 0.0326. The summed E-state index contributed by atoms with van der Waals surface area (Å²) < 4.78 is 5.99. The van der Waals surface area contributed by atoms with Crippen LogP contribution in [0.2, 0.25) is 0 Å². The van der Waals surface area contributed by atoms with Crippen molar-refractivity contribution in [3.8, 4) is 0 Å². The van der Waals surface area contributed by atoms with E-state index in [9.17, 15) is 4.79 Å². The van der Waals surface area contributed by atoms with Gasteiger partial charge in [-0.25, -0.2) is 4.79 Å². The molecule has 1 aliphatic heterocycles. The third-order valence-electron chi connectivity index (χ3n) is 6.15. The summed E-state index contributed by atoms with van der Waals surface area (Å²) in [5.74, 6) is 0.754. The summed E-state index contributed by atoms with van der Waals surface area (Å²) in [6.45, 7) is 3.89. The van der Waals surface area contributed by atoms with E-state index >= 15 is 0 Å². The molecule has 0 unspecified atom stereocenters. The Labute approximate surface area is 180 Å². The number of aromatic nitrogens is 2. The van der Waals surface area contributed by atoms with E-state index in [1.807, 2.05) is 29.4 Å². The Kier molecular flexibility index (Phi) is 9.13. The van der Waals surface area contributed by atoms with E-state index < -0.39 is 0 Å². The van der Waals surface area contributed by atoms with Crippen LogP contribution in [0.15, 0.2) is 49.1 Å². The normalized spacial score (nSPS) is 14.8. The molecule has 0 atom stereocenters. The van der Waals surface area contributed by atoms with Crippen LogP contribution in [0.3, 0.4) is 0 Å². The quantitative estimate of drug-likeness (QED) is 0.524. The maximum atomic E-state index is 12.8. The Morgan fingerprint density at radius 1 is 1.03 bits per heavy atom. The number of nitrogens with zero attached hydrogens (tertiary/aromatic N) is 3. The van der Waals surface area contributed by atoms with E-state index in [4.69, 9.17) is 4.74 Å². The van der Waals surface area contributed by atoms with Gasteiger partial charge in [0.1, 0.15) is 6.10 Å². The van der Waals surface area contributed by atoms with Gasteiger partial charge in [0.05, 0.1) is 0 Å². The third kappa shape index (κ3) is 7.43. The zero-order valence-electron chi connectivity index (χ0n) is 18.2. The number of piperidine rings is 1. The van der Waals surface area contributed by atoms with Gasteiger partial charge in [0.15, 0.2) is 0 Å². The molecule has 162 valence electrons. The van der Waals surface area contributed by atoms with Gasteiger partial charge in [0.2, 0.25) is 0 Å². The SMILES string of the molecule is CCC1CCN(C(=O)OC(CCCc2cccnc2)CCCc2cccnc2)CC1. The number of hydrogen-bond donors (Lipinski definition) is 0. The number of likely N-dealkylation sites (tertiary alicyclic amines) is 1. The zero-order chi connectivity index (χ0) is 21.0. The van der Waals surface area contributed by atoms with Gasteiger partial charge < -0.3 is 9.64 Å². The molecular weight excluding hydrogens is 374 g/mol. The number of amides is 1. The minimum Gasteiger partial charge on any atom is -0.446 e. The van der Waals surface area contributed by atoms with Crippen LogP contribution in [0.5, 0.6) is 0 Å². The maximum absolute atomic E-state index is 12.8. The molecule has 0 spiro atoms. The van der Waals surface area contributed by atoms with E-state index in [1.54, 1.807) is 12.4 Å². The first kappa shape index (κ1) is 22.3. The second kappa shape index (κ2) is 12.3. The number of hydrogen-bond acceptors (Lipinski definition) is 4. The average Bonchev–Trinajstić information content (AvgIpc) is 2.80. The fraction of sp³-hybridized carbons (Fsp3) is 0.560. The fourth-order valence-corrected chi connectivity index (χ4v) is 4.16. The molecule has 0 aromatic carbocycles. The van der Waals surface area contributed by atoms with Crippen molar-refractivity contribution >= 4 is 6.09 Å². The molecule has 2 aromatic heterocycles. The summed E-state index contributed by atoms with van der Waals surface area (Å²) in [4.78, 5) is 23.0. The fourth-order valence-electron chi connectivity index (χ4n) is 4.16. The van der Waals surface area contributed by atoms with Crippen LogP contribution in [0.1, 0.15) is 63.0 Å². The molecule has 3 heterocycles. The van der Waals surface area contributed by atoms with Crippen molar-refractivity contribution in [2.75, 3.05) is 13.1 Å². The van der Waals surface area contributed by atoms with Gasteiger partial charge >= 0.3 is 6.09 Å². The van der Waals surface area contributed by atoms with Gasteiger partial charge in [0.25, 0.3) is 0 Å². The molecule has 0 radical (unpaired) electrons. The molecule has 5 nitrogen and oxygen atoms in total. The third-order valence-corrected chi connectivity index (χ3v) is 6.15. The van der Waals surface area contributed by atoms with Crippen LogP contribution in [0.25, 0.3) is 0 Å². The zero-order valence-corrected chi connectivity index (χ0v) is 18.2. The second-order valence-electron chi connectivity index (χ2n) is 8.35. The number of pyridine rings is 2. The Morgan fingerprint density at radius 3 is 2.07 bits per heavy atom. The largest absolute Gasteiger partial charge is 0.446 e. The Morgan fingerprint density at radius 2 is 1.60 bits per heavy atom. The summed E-state index contributed by atoms with van der Waals surface area (Å²) in [6.07, 6.45) is 16.4. The number of carbonyl (C=O) groups is 1. The van der Waals surface area contributed by atoms with E-state index in [0.717, 1.165) is 70.4 Å². The molecule has 1 aliphatic rings. The van der Waals surface area contributed by atoms with Crippen LogP contribution < -0.4 is 0 Å². The number of aryl methyl sites for hydroxylation is 2. The molecule has 0 N–H and O–H groups in total. The molecule has 0 saturated carbocycles. The summed E-state index contributed by atoms with van der Waals surface area (Å²) in [6, 6.07) is 8.16. The Balaban J connectivity index is 1.49. The molecule has 0 bridgehead atoms. The van der Waals surface area contributed by atoms with E-state index in [-0.39, 0.29) is 12.2 Å². The van der Waals surface area contributed by atoms with Crippen molar-refractivity contribution < 1.29 is 9.53 Å². The lowest BCUT2D eigenvalue weighted by Crippen LogP contribution is -2.40. The summed E-state index contributed by atoms with van der Waals surface area (Å²) >= 11 is 0. The van der Waals surface area contributed by atoms with Crippen molar-refractivity contribution in [2.24, 2.45) is 5.92 Å². The molecule has 3 rings (SSSR count). The van der Waals surface area contributed by atoms with Gasteiger partial charge in [-0.15, -0.1) is 0 Å². The smallest absolute Gasteiger partial charge is 0.410 e. The highest BCUT2D eigenvalue weighted by Gasteiger charge is 2.25. The minimum atomic E-state index is -0.127. The molecule has 1 fully saturated rings. The highest BCUT2D eigenvalue weighted by molar-refractivity contribution is 5.67. The van der Waals surface area contributed by atoms with Crippen LogP contribution >= 0.6 is 0 Å². The first-order valence-electron chi connectivity index (χ1n) is 11.5. The summed E-state index contributed by atoms with van der Waals surface area (Å²) in [5, 5.41) is 0. The Hall–Kier alpha value is -2.43. The van der Waals surface area contributed by atoms with Gasteiger partial charge in [-0.2, -0.15) is 0 Å². The lowest BCUT2D eigenvalue weighted by atomic mass is 9.95. The van der Waals surface area contributed by atoms with E-state index in [1.165, 1.54) is 17.5 Å². The van der Waals surface area contributed by atoms with Gasteiger partial charge in [-0.1, -0.05) is 25.5 Å². The highest BCUT2D eigenvalue weighted by atomic mass is 16.6. The molecule has 2 aromatic rings.